The Morgan fingerprint density at radius 3 is 2.60 bits per heavy atom. The Hall–Kier alpha value is -3.08. The highest BCUT2D eigenvalue weighted by atomic mass is 35.5. The smallest absolute Gasteiger partial charge is 0.305 e. The van der Waals surface area contributed by atoms with E-state index in [0.717, 1.165) is 35.0 Å². The third-order valence-electron chi connectivity index (χ3n) is 6.81. The van der Waals surface area contributed by atoms with Crippen molar-refractivity contribution in [2.45, 2.75) is 32.6 Å². The summed E-state index contributed by atoms with van der Waals surface area (Å²) < 4.78 is 6.77. The monoisotopic (exact) mass is 512 g/mol. The molecule has 0 N–H and O–H groups in total. The maximum Gasteiger partial charge on any atom is 0.305 e. The summed E-state index contributed by atoms with van der Waals surface area (Å²) in [7, 11) is 3.32. The number of carbonyl (C=O) groups is 2. The van der Waals surface area contributed by atoms with E-state index in [4.69, 9.17) is 27.9 Å². The molecule has 9 heteroatoms. The molecule has 0 unspecified atom stereocenters. The number of fused-ring (bicyclic) bond motifs is 1. The van der Waals surface area contributed by atoms with Gasteiger partial charge in [0, 0.05) is 55.8 Å². The summed E-state index contributed by atoms with van der Waals surface area (Å²) >= 11 is 13.2. The summed E-state index contributed by atoms with van der Waals surface area (Å²) in [6.07, 6.45) is 3.69. The summed E-state index contributed by atoms with van der Waals surface area (Å²) in [5.74, 6) is -0.266. The van der Waals surface area contributed by atoms with Crippen molar-refractivity contribution in [3.8, 4) is 6.07 Å². The van der Waals surface area contributed by atoms with Crippen molar-refractivity contribution in [3.05, 3.63) is 62.5 Å². The van der Waals surface area contributed by atoms with Crippen LogP contribution in [0.2, 0.25) is 10.0 Å². The Morgan fingerprint density at radius 2 is 1.94 bits per heavy atom. The Labute approximate surface area is 214 Å². The minimum Gasteiger partial charge on any atom is -0.469 e. The number of hydrogen-bond acceptors (Lipinski definition) is 5. The number of pyridine rings is 1. The van der Waals surface area contributed by atoms with E-state index in [-0.39, 0.29) is 28.5 Å². The van der Waals surface area contributed by atoms with Crippen LogP contribution in [0.25, 0.3) is 10.9 Å². The number of nitriles is 1. The van der Waals surface area contributed by atoms with E-state index < -0.39 is 0 Å². The number of nitrogens with zero attached hydrogens (tertiary/aromatic N) is 4. The fraction of sp³-hybridized carbons (Fsp3) is 0.385. The third kappa shape index (κ3) is 5.00. The molecule has 1 aliphatic heterocycles. The van der Waals surface area contributed by atoms with Gasteiger partial charge in [0.2, 0.25) is 0 Å². The lowest BCUT2D eigenvalue weighted by Crippen LogP contribution is -2.39. The number of esters is 1. The van der Waals surface area contributed by atoms with E-state index in [1.54, 1.807) is 4.90 Å². The highest BCUT2D eigenvalue weighted by molar-refractivity contribution is 6.37. The quantitative estimate of drug-likeness (QED) is 0.445. The van der Waals surface area contributed by atoms with Crippen LogP contribution in [0.3, 0.4) is 0 Å². The van der Waals surface area contributed by atoms with Crippen LogP contribution in [-0.2, 0) is 23.0 Å². The summed E-state index contributed by atoms with van der Waals surface area (Å²) in [6.45, 7) is 3.03. The molecule has 0 saturated carbocycles. The Balaban J connectivity index is 1.58. The van der Waals surface area contributed by atoms with Crippen LogP contribution in [0.1, 0.15) is 52.1 Å². The van der Waals surface area contributed by atoms with Gasteiger partial charge in [0.1, 0.15) is 5.69 Å². The number of benzene rings is 1. The molecule has 0 spiro atoms. The molecule has 3 aromatic rings. The molecule has 182 valence electrons. The van der Waals surface area contributed by atoms with Crippen molar-refractivity contribution >= 4 is 46.0 Å². The average molecular weight is 513 g/mol. The second kappa shape index (κ2) is 10.3. The summed E-state index contributed by atoms with van der Waals surface area (Å²) in [4.78, 5) is 30.8. The fourth-order valence-electron chi connectivity index (χ4n) is 4.70. The predicted molar refractivity (Wildman–Crippen MR) is 135 cm³/mol. The zero-order chi connectivity index (χ0) is 25.3. The van der Waals surface area contributed by atoms with Gasteiger partial charge in [0.25, 0.3) is 5.91 Å². The normalized spacial score (nSPS) is 14.2. The maximum absolute atomic E-state index is 13.3. The maximum atomic E-state index is 13.3. The van der Waals surface area contributed by atoms with Crippen LogP contribution >= 0.6 is 23.2 Å². The van der Waals surface area contributed by atoms with Crippen molar-refractivity contribution in [3.63, 3.8) is 0 Å². The van der Waals surface area contributed by atoms with Crippen molar-refractivity contribution in [1.29, 1.82) is 5.26 Å². The molecule has 1 aromatic carbocycles. The van der Waals surface area contributed by atoms with Crippen LogP contribution in [0.5, 0.6) is 0 Å². The first-order valence-electron chi connectivity index (χ1n) is 11.4. The molecule has 2 aromatic heterocycles. The van der Waals surface area contributed by atoms with Gasteiger partial charge in [-0.3, -0.25) is 9.59 Å². The Bertz CT molecular complexity index is 1350. The number of ether oxygens (including phenoxy) is 1. The average Bonchev–Trinajstić information content (AvgIpc) is 3.17. The molecule has 0 aliphatic carbocycles. The number of amides is 1. The first-order chi connectivity index (χ1) is 16.7. The predicted octanol–water partition coefficient (Wildman–Crippen LogP) is 5.07. The number of halogens is 2. The van der Waals surface area contributed by atoms with Crippen molar-refractivity contribution in [2.24, 2.45) is 13.0 Å². The SMILES string of the molecule is COC(=O)CC1CCN(C(=O)c2ncc(Cl)c(Cc3cc4c(C)cc(C#N)cc4n3C)c2Cl)CC1. The minimum atomic E-state index is -0.240. The lowest BCUT2D eigenvalue weighted by atomic mass is 9.93. The van der Waals surface area contributed by atoms with Crippen LogP contribution in [0.15, 0.2) is 24.4 Å². The van der Waals surface area contributed by atoms with E-state index in [9.17, 15) is 14.9 Å². The lowest BCUT2D eigenvalue weighted by molar-refractivity contribution is -0.142. The lowest BCUT2D eigenvalue weighted by Gasteiger charge is -2.31. The Morgan fingerprint density at radius 1 is 1.23 bits per heavy atom. The van der Waals surface area contributed by atoms with Gasteiger partial charge in [-0.2, -0.15) is 5.26 Å². The number of hydrogen-bond donors (Lipinski definition) is 0. The molecular formula is C26H26Cl2N4O3. The van der Waals surface area contributed by atoms with Gasteiger partial charge in [-0.05, 0) is 55.0 Å². The van der Waals surface area contributed by atoms with Gasteiger partial charge in [-0.1, -0.05) is 23.2 Å². The standard InChI is InChI=1S/C26H26Cl2N4O3/c1-15-8-17(13-29)9-22-19(15)11-18(31(22)2)12-20-21(27)14-30-25(24(20)28)26(34)32-6-4-16(5-7-32)10-23(33)35-3/h8-9,11,14,16H,4-7,10,12H2,1-3H3. The molecule has 0 radical (unpaired) electrons. The highest BCUT2D eigenvalue weighted by Crippen LogP contribution is 2.33. The van der Waals surface area contributed by atoms with Gasteiger partial charge >= 0.3 is 5.97 Å². The van der Waals surface area contributed by atoms with E-state index in [0.29, 0.717) is 42.1 Å². The molecule has 0 bridgehead atoms. The minimum absolute atomic E-state index is 0.180. The molecular weight excluding hydrogens is 487 g/mol. The van der Waals surface area contributed by atoms with Gasteiger partial charge in [0.05, 0.1) is 28.8 Å². The number of aromatic nitrogens is 2. The van der Waals surface area contributed by atoms with Crippen LogP contribution in [0.4, 0.5) is 0 Å². The number of aryl methyl sites for hydroxylation is 2. The first-order valence-corrected chi connectivity index (χ1v) is 12.2. The van der Waals surface area contributed by atoms with E-state index in [1.165, 1.54) is 13.3 Å². The Kier molecular flexibility index (Phi) is 7.34. The molecule has 7 nitrogen and oxygen atoms in total. The van der Waals surface area contributed by atoms with Crippen LogP contribution in [0, 0.1) is 24.2 Å². The fourth-order valence-corrected chi connectivity index (χ4v) is 5.26. The van der Waals surface area contributed by atoms with Gasteiger partial charge in [-0.25, -0.2) is 4.98 Å². The third-order valence-corrected chi connectivity index (χ3v) is 7.54. The number of methoxy groups -OCH3 is 1. The summed E-state index contributed by atoms with van der Waals surface area (Å²) in [6, 6.07) is 7.99. The van der Waals surface area contributed by atoms with Crippen molar-refractivity contribution in [1.82, 2.24) is 14.5 Å². The van der Waals surface area contributed by atoms with E-state index in [2.05, 4.69) is 17.1 Å². The van der Waals surface area contributed by atoms with E-state index >= 15 is 0 Å². The number of piperidine rings is 1. The van der Waals surface area contributed by atoms with Gasteiger partial charge < -0.3 is 14.2 Å². The summed E-state index contributed by atoms with van der Waals surface area (Å²) in [5, 5.41) is 11.0. The molecule has 1 fully saturated rings. The second-order valence-corrected chi connectivity index (χ2v) is 9.76. The molecule has 1 aliphatic rings. The topological polar surface area (TPSA) is 88.2 Å². The first kappa shape index (κ1) is 25.0. The molecule has 4 rings (SSSR count). The largest absolute Gasteiger partial charge is 0.469 e. The number of carbonyl (C=O) groups excluding carboxylic acids is 2. The van der Waals surface area contributed by atoms with Crippen molar-refractivity contribution < 1.29 is 14.3 Å². The molecule has 35 heavy (non-hydrogen) atoms. The molecule has 1 amide bonds. The van der Waals surface area contributed by atoms with Crippen LogP contribution < -0.4 is 0 Å². The second-order valence-electron chi connectivity index (χ2n) is 8.97. The zero-order valence-corrected chi connectivity index (χ0v) is 21.4. The van der Waals surface area contributed by atoms with E-state index in [1.807, 2.05) is 30.7 Å². The van der Waals surface area contributed by atoms with Gasteiger partial charge in [-0.15, -0.1) is 0 Å². The highest BCUT2D eigenvalue weighted by Gasteiger charge is 2.28. The summed E-state index contributed by atoms with van der Waals surface area (Å²) in [5.41, 5.74) is 4.33. The van der Waals surface area contributed by atoms with Crippen molar-refractivity contribution in [2.75, 3.05) is 20.2 Å². The molecule has 3 heterocycles. The molecule has 1 saturated heterocycles. The molecule has 0 atom stereocenters. The number of rotatable bonds is 5. The van der Waals surface area contributed by atoms with Gasteiger partial charge in [0.15, 0.2) is 0 Å². The van der Waals surface area contributed by atoms with Crippen LogP contribution in [-0.4, -0.2) is 46.5 Å². The zero-order valence-electron chi connectivity index (χ0n) is 19.9. The number of likely N-dealkylation sites (tertiary alicyclic amines) is 1.